The summed E-state index contributed by atoms with van der Waals surface area (Å²) in [7, 11) is 1.53. The fourth-order valence-electron chi connectivity index (χ4n) is 2.73. The minimum atomic E-state index is -0.471. The van der Waals surface area contributed by atoms with Crippen molar-refractivity contribution in [1.29, 1.82) is 5.26 Å². The summed E-state index contributed by atoms with van der Waals surface area (Å²) in [5.41, 5.74) is 0.449. The van der Waals surface area contributed by atoms with Crippen LogP contribution in [0.15, 0.2) is 36.0 Å². The van der Waals surface area contributed by atoms with Crippen molar-refractivity contribution < 1.29 is 9.53 Å². The number of amides is 1. The van der Waals surface area contributed by atoms with Gasteiger partial charge in [0.25, 0.3) is 5.91 Å². The highest BCUT2D eigenvalue weighted by Gasteiger charge is 2.24. The highest BCUT2D eigenvalue weighted by Crippen LogP contribution is 2.27. The number of benzene rings is 1. The molecule has 0 aromatic heterocycles. The van der Waals surface area contributed by atoms with Crippen LogP contribution >= 0.6 is 0 Å². The maximum absolute atomic E-state index is 12.3. The van der Waals surface area contributed by atoms with Crippen LogP contribution in [0.25, 0.3) is 0 Å². The van der Waals surface area contributed by atoms with E-state index >= 15 is 0 Å². The Balaban J connectivity index is 2.85. The summed E-state index contributed by atoms with van der Waals surface area (Å²) < 4.78 is 5.20. The standard InChI is InChI=1S/C19H27N3O2/c1-18(2,3)13-19(4,5)21-12-14(11-20)17(23)22-15-9-7-8-10-16(15)24-6/h7-10,12,21H,13H2,1-6H3,(H,22,23)/b14-12-. The van der Waals surface area contributed by atoms with Crippen LogP contribution in [0.1, 0.15) is 41.0 Å². The Hall–Kier alpha value is -2.48. The number of methoxy groups -OCH3 is 1. The van der Waals surface area contributed by atoms with Crippen molar-refractivity contribution in [3.63, 3.8) is 0 Å². The highest BCUT2D eigenvalue weighted by molar-refractivity contribution is 6.07. The fourth-order valence-corrected chi connectivity index (χ4v) is 2.73. The Morgan fingerprint density at radius 3 is 2.42 bits per heavy atom. The molecule has 1 aromatic carbocycles. The van der Waals surface area contributed by atoms with Crippen molar-refractivity contribution in [1.82, 2.24) is 5.32 Å². The smallest absolute Gasteiger partial charge is 0.267 e. The minimum absolute atomic E-state index is 0.0166. The van der Waals surface area contributed by atoms with E-state index < -0.39 is 5.91 Å². The third-order valence-corrected chi connectivity index (χ3v) is 3.30. The van der Waals surface area contributed by atoms with Crippen molar-refractivity contribution in [3.8, 4) is 11.8 Å². The van der Waals surface area contributed by atoms with Crippen molar-refractivity contribution in [2.45, 2.75) is 46.6 Å². The van der Waals surface area contributed by atoms with Gasteiger partial charge in [-0.3, -0.25) is 4.79 Å². The third kappa shape index (κ3) is 6.33. The summed E-state index contributed by atoms with van der Waals surface area (Å²) in [6.07, 6.45) is 2.37. The number of hydrogen-bond donors (Lipinski definition) is 2. The van der Waals surface area contributed by atoms with Crippen LogP contribution in [0.2, 0.25) is 0 Å². The molecule has 1 amide bonds. The first-order valence-electron chi connectivity index (χ1n) is 7.90. The quantitative estimate of drug-likeness (QED) is 0.614. The molecule has 130 valence electrons. The van der Waals surface area contributed by atoms with Gasteiger partial charge in [-0.05, 0) is 37.8 Å². The maximum atomic E-state index is 12.3. The van der Waals surface area contributed by atoms with E-state index in [9.17, 15) is 10.1 Å². The Labute approximate surface area is 144 Å². The first-order valence-corrected chi connectivity index (χ1v) is 7.90. The van der Waals surface area contributed by atoms with Gasteiger partial charge in [0.1, 0.15) is 17.4 Å². The Morgan fingerprint density at radius 1 is 1.25 bits per heavy atom. The van der Waals surface area contributed by atoms with Gasteiger partial charge in [-0.15, -0.1) is 0 Å². The first-order chi connectivity index (χ1) is 11.1. The molecule has 24 heavy (non-hydrogen) atoms. The number of carbonyl (C=O) groups excluding carboxylic acids is 1. The molecule has 1 rings (SSSR count). The van der Waals surface area contributed by atoms with Gasteiger partial charge in [-0.2, -0.15) is 5.26 Å². The number of para-hydroxylation sites is 2. The van der Waals surface area contributed by atoms with Gasteiger partial charge in [0, 0.05) is 11.7 Å². The lowest BCUT2D eigenvalue weighted by molar-refractivity contribution is -0.112. The zero-order valence-electron chi connectivity index (χ0n) is 15.4. The molecule has 0 unspecified atom stereocenters. The van der Waals surface area contributed by atoms with Gasteiger partial charge in [0.2, 0.25) is 0 Å². The lowest BCUT2D eigenvalue weighted by Gasteiger charge is -2.33. The largest absolute Gasteiger partial charge is 0.495 e. The summed E-state index contributed by atoms with van der Waals surface area (Å²) in [6, 6.07) is 9.01. The predicted octanol–water partition coefficient (Wildman–Crippen LogP) is 3.85. The second-order valence-corrected chi connectivity index (χ2v) is 7.59. The number of rotatable bonds is 6. The summed E-state index contributed by atoms with van der Waals surface area (Å²) in [4.78, 5) is 12.3. The number of ether oxygens (including phenoxy) is 1. The molecule has 0 saturated carbocycles. The number of anilines is 1. The zero-order valence-corrected chi connectivity index (χ0v) is 15.4. The van der Waals surface area contributed by atoms with Crippen molar-refractivity contribution in [2.75, 3.05) is 12.4 Å². The van der Waals surface area contributed by atoms with E-state index in [1.165, 1.54) is 13.3 Å². The van der Waals surface area contributed by atoms with Crippen LogP contribution in [0.3, 0.4) is 0 Å². The first kappa shape index (κ1) is 19.6. The minimum Gasteiger partial charge on any atom is -0.495 e. The second-order valence-electron chi connectivity index (χ2n) is 7.59. The number of nitriles is 1. The zero-order chi connectivity index (χ0) is 18.4. The number of carbonyl (C=O) groups is 1. The predicted molar refractivity (Wildman–Crippen MR) is 96.6 cm³/mol. The molecule has 0 heterocycles. The van der Waals surface area contributed by atoms with Crippen LogP contribution in [0, 0.1) is 16.7 Å². The van der Waals surface area contributed by atoms with Crippen molar-refractivity contribution in [3.05, 3.63) is 36.0 Å². The molecule has 0 fully saturated rings. The summed E-state index contributed by atoms with van der Waals surface area (Å²) in [5.74, 6) is 0.0743. The van der Waals surface area contributed by atoms with Crippen molar-refractivity contribution in [2.24, 2.45) is 5.41 Å². The summed E-state index contributed by atoms with van der Waals surface area (Å²) in [6.45, 7) is 10.5. The second kappa shape index (κ2) is 7.87. The van der Waals surface area contributed by atoms with Gasteiger partial charge in [-0.1, -0.05) is 32.9 Å². The van der Waals surface area contributed by atoms with E-state index in [-0.39, 0.29) is 16.5 Å². The molecule has 0 atom stereocenters. The van der Waals surface area contributed by atoms with Crippen LogP contribution in [-0.4, -0.2) is 18.6 Å². The molecule has 5 nitrogen and oxygen atoms in total. The van der Waals surface area contributed by atoms with Crippen LogP contribution in [0.4, 0.5) is 5.69 Å². The fraction of sp³-hybridized carbons (Fsp3) is 0.474. The molecule has 0 bridgehead atoms. The molecule has 0 aliphatic rings. The van der Waals surface area contributed by atoms with Gasteiger partial charge < -0.3 is 15.4 Å². The molecule has 5 heteroatoms. The van der Waals surface area contributed by atoms with Crippen LogP contribution in [-0.2, 0) is 4.79 Å². The topological polar surface area (TPSA) is 74.1 Å². The maximum Gasteiger partial charge on any atom is 0.267 e. The van der Waals surface area contributed by atoms with Gasteiger partial charge >= 0.3 is 0 Å². The molecule has 0 aliphatic heterocycles. The summed E-state index contributed by atoms with van der Waals surface area (Å²) >= 11 is 0. The van der Waals surface area contributed by atoms with Gasteiger partial charge in [-0.25, -0.2) is 0 Å². The van der Waals surface area contributed by atoms with E-state index in [0.29, 0.717) is 11.4 Å². The molecule has 1 aromatic rings. The average molecular weight is 329 g/mol. The van der Waals surface area contributed by atoms with Gasteiger partial charge in [0.05, 0.1) is 12.8 Å². The Morgan fingerprint density at radius 2 is 1.88 bits per heavy atom. The highest BCUT2D eigenvalue weighted by atomic mass is 16.5. The molecular formula is C19H27N3O2. The normalized spacial score (nSPS) is 12.3. The Kier molecular flexibility index (Phi) is 6.42. The molecule has 0 saturated heterocycles. The molecule has 0 radical (unpaired) electrons. The lowest BCUT2D eigenvalue weighted by atomic mass is 9.82. The molecular weight excluding hydrogens is 302 g/mol. The van der Waals surface area contributed by atoms with E-state index in [4.69, 9.17) is 4.74 Å². The number of nitrogens with zero attached hydrogens (tertiary/aromatic N) is 1. The van der Waals surface area contributed by atoms with Crippen LogP contribution in [0.5, 0.6) is 5.75 Å². The van der Waals surface area contributed by atoms with Crippen molar-refractivity contribution >= 4 is 11.6 Å². The molecule has 0 spiro atoms. The van der Waals surface area contributed by atoms with E-state index in [1.54, 1.807) is 18.2 Å². The lowest BCUT2D eigenvalue weighted by Crippen LogP contribution is -2.39. The summed E-state index contributed by atoms with van der Waals surface area (Å²) in [5, 5.41) is 15.2. The molecule has 0 aliphatic carbocycles. The SMILES string of the molecule is COc1ccccc1NC(=O)/C(C#N)=C\NC(C)(C)CC(C)(C)C. The van der Waals surface area contributed by atoms with E-state index in [1.807, 2.05) is 26.0 Å². The average Bonchev–Trinajstić information content (AvgIpc) is 2.45. The Bertz CT molecular complexity index is 649. The molecule has 2 N–H and O–H groups in total. The number of nitrogens with one attached hydrogen (secondary N) is 2. The van der Waals surface area contributed by atoms with Gasteiger partial charge in [0.15, 0.2) is 0 Å². The van der Waals surface area contributed by atoms with E-state index in [0.717, 1.165) is 6.42 Å². The monoisotopic (exact) mass is 329 g/mol. The van der Waals surface area contributed by atoms with Crippen LogP contribution < -0.4 is 15.4 Å². The van der Waals surface area contributed by atoms with E-state index in [2.05, 4.69) is 31.4 Å². The third-order valence-electron chi connectivity index (χ3n) is 3.30. The number of hydrogen-bond acceptors (Lipinski definition) is 4.